The van der Waals surface area contributed by atoms with Crippen LogP contribution < -0.4 is 10.9 Å². The number of carbonyl (C=O) groups is 1. The molecule has 0 bridgehead atoms. The molecule has 152 valence electrons. The van der Waals surface area contributed by atoms with E-state index < -0.39 is 0 Å². The zero-order valence-electron chi connectivity index (χ0n) is 17.2. The summed E-state index contributed by atoms with van der Waals surface area (Å²) in [4.78, 5) is 29.6. The second kappa shape index (κ2) is 7.94. The number of anilines is 1. The van der Waals surface area contributed by atoms with Crippen molar-refractivity contribution in [3.8, 4) is 5.69 Å². The van der Waals surface area contributed by atoms with Gasteiger partial charge in [-0.15, -0.1) is 0 Å². The van der Waals surface area contributed by atoms with E-state index in [1.165, 1.54) is 17.1 Å². The number of rotatable bonds is 5. The van der Waals surface area contributed by atoms with Crippen LogP contribution >= 0.6 is 0 Å². The first kappa shape index (κ1) is 19.6. The Morgan fingerprint density at radius 2 is 1.83 bits per heavy atom. The number of hydrogen-bond acceptors (Lipinski definition) is 4. The van der Waals surface area contributed by atoms with Gasteiger partial charge in [-0.05, 0) is 50.1 Å². The van der Waals surface area contributed by atoms with Crippen molar-refractivity contribution in [3.63, 3.8) is 0 Å². The highest BCUT2D eigenvalue weighted by Crippen LogP contribution is 2.18. The molecular weight excluding hydrogens is 378 g/mol. The van der Waals surface area contributed by atoms with Crippen LogP contribution in [0.1, 0.15) is 23.1 Å². The molecule has 2 aromatic carbocycles. The monoisotopic (exact) mass is 401 g/mol. The summed E-state index contributed by atoms with van der Waals surface area (Å²) >= 11 is 0. The lowest BCUT2D eigenvalue weighted by atomic mass is 10.1. The standard InChI is InChI=1S/C23H23N5O2/c1-15-7-9-18(10-8-15)28-22-19(13-25-28)23(30)27(14-24-22)12-11-21(29)26-20-6-4-5-16(2)17(20)3/h4-10,13-14H,11-12H2,1-3H3,(H,26,29). The molecule has 7 nitrogen and oxygen atoms in total. The molecule has 1 N–H and O–H groups in total. The number of fused-ring (bicyclic) bond motifs is 1. The van der Waals surface area contributed by atoms with Gasteiger partial charge in [0.25, 0.3) is 5.56 Å². The second-order valence-electron chi connectivity index (χ2n) is 7.42. The Hall–Kier alpha value is -3.74. The third-order valence-corrected chi connectivity index (χ3v) is 5.29. The third-order valence-electron chi connectivity index (χ3n) is 5.29. The molecule has 7 heteroatoms. The van der Waals surface area contributed by atoms with Crippen LogP contribution in [0.3, 0.4) is 0 Å². The summed E-state index contributed by atoms with van der Waals surface area (Å²) in [7, 11) is 0. The number of carbonyl (C=O) groups excluding carboxylic acids is 1. The predicted octanol–water partition coefficient (Wildman–Crippen LogP) is 3.54. The summed E-state index contributed by atoms with van der Waals surface area (Å²) < 4.78 is 3.10. The van der Waals surface area contributed by atoms with Gasteiger partial charge in [0.15, 0.2) is 5.65 Å². The van der Waals surface area contributed by atoms with E-state index in [-0.39, 0.29) is 24.4 Å². The Morgan fingerprint density at radius 1 is 1.07 bits per heavy atom. The van der Waals surface area contributed by atoms with Gasteiger partial charge in [-0.3, -0.25) is 14.2 Å². The largest absolute Gasteiger partial charge is 0.326 e. The van der Waals surface area contributed by atoms with Crippen molar-refractivity contribution in [2.24, 2.45) is 0 Å². The molecule has 30 heavy (non-hydrogen) atoms. The van der Waals surface area contributed by atoms with Crippen LogP contribution in [0.5, 0.6) is 0 Å². The van der Waals surface area contributed by atoms with Crippen molar-refractivity contribution >= 4 is 22.6 Å². The average molecular weight is 401 g/mol. The number of hydrogen-bond donors (Lipinski definition) is 1. The normalized spacial score (nSPS) is 11.0. The van der Waals surface area contributed by atoms with Crippen molar-refractivity contribution in [2.75, 3.05) is 5.32 Å². The van der Waals surface area contributed by atoms with E-state index in [1.807, 2.05) is 63.2 Å². The Kier molecular flexibility index (Phi) is 5.18. The first-order valence-corrected chi connectivity index (χ1v) is 9.80. The van der Waals surface area contributed by atoms with Crippen LogP contribution in [-0.2, 0) is 11.3 Å². The minimum Gasteiger partial charge on any atom is -0.326 e. The molecule has 0 radical (unpaired) electrons. The molecule has 0 spiro atoms. The van der Waals surface area contributed by atoms with Gasteiger partial charge in [-0.1, -0.05) is 29.8 Å². The Bertz CT molecular complexity index is 1290. The lowest BCUT2D eigenvalue weighted by molar-refractivity contribution is -0.116. The van der Waals surface area contributed by atoms with Crippen molar-refractivity contribution < 1.29 is 4.79 Å². The maximum absolute atomic E-state index is 12.8. The van der Waals surface area contributed by atoms with Crippen molar-refractivity contribution in [1.82, 2.24) is 19.3 Å². The quantitative estimate of drug-likeness (QED) is 0.555. The molecule has 4 aromatic rings. The van der Waals surface area contributed by atoms with Crippen LogP contribution in [0.2, 0.25) is 0 Å². The van der Waals surface area contributed by atoms with Gasteiger partial charge < -0.3 is 5.32 Å². The van der Waals surface area contributed by atoms with Gasteiger partial charge in [-0.2, -0.15) is 5.10 Å². The zero-order chi connectivity index (χ0) is 21.3. The van der Waals surface area contributed by atoms with Crippen molar-refractivity contribution in [1.29, 1.82) is 0 Å². The van der Waals surface area contributed by atoms with E-state index in [9.17, 15) is 9.59 Å². The molecule has 0 unspecified atom stereocenters. The summed E-state index contributed by atoms with van der Waals surface area (Å²) in [6.45, 7) is 6.23. The minimum atomic E-state index is -0.210. The summed E-state index contributed by atoms with van der Waals surface area (Å²) in [5.41, 5.74) is 5.22. The highest BCUT2D eigenvalue weighted by Gasteiger charge is 2.13. The molecular formula is C23H23N5O2. The molecule has 2 heterocycles. The highest BCUT2D eigenvalue weighted by molar-refractivity contribution is 5.91. The van der Waals surface area contributed by atoms with Gasteiger partial charge in [0.2, 0.25) is 5.91 Å². The first-order chi connectivity index (χ1) is 14.4. The van der Waals surface area contributed by atoms with Crippen molar-refractivity contribution in [3.05, 3.63) is 82.0 Å². The number of amides is 1. The Balaban J connectivity index is 1.52. The van der Waals surface area contributed by atoms with Gasteiger partial charge >= 0.3 is 0 Å². The molecule has 1 amide bonds. The molecule has 0 aliphatic rings. The lowest BCUT2D eigenvalue weighted by Gasteiger charge is -2.11. The van der Waals surface area contributed by atoms with Gasteiger partial charge in [-0.25, -0.2) is 9.67 Å². The minimum absolute atomic E-state index is 0.147. The number of nitrogens with one attached hydrogen (secondary N) is 1. The van der Waals surface area contributed by atoms with Crippen LogP contribution in [0.25, 0.3) is 16.7 Å². The lowest BCUT2D eigenvalue weighted by Crippen LogP contribution is -2.23. The fourth-order valence-electron chi connectivity index (χ4n) is 3.30. The number of aromatic nitrogens is 4. The first-order valence-electron chi connectivity index (χ1n) is 9.80. The molecule has 0 fully saturated rings. The number of benzene rings is 2. The molecule has 0 atom stereocenters. The van der Waals surface area contributed by atoms with Crippen LogP contribution in [0.15, 0.2) is 59.8 Å². The highest BCUT2D eigenvalue weighted by atomic mass is 16.2. The maximum Gasteiger partial charge on any atom is 0.264 e. The smallest absolute Gasteiger partial charge is 0.264 e. The average Bonchev–Trinajstić information content (AvgIpc) is 3.16. The molecule has 0 aliphatic heterocycles. The third kappa shape index (κ3) is 3.74. The molecule has 4 rings (SSSR count). The summed E-state index contributed by atoms with van der Waals surface area (Å²) in [6.07, 6.45) is 3.17. The predicted molar refractivity (Wildman–Crippen MR) is 117 cm³/mol. The summed E-state index contributed by atoms with van der Waals surface area (Å²) in [6, 6.07) is 13.6. The Labute approximate surface area is 174 Å². The summed E-state index contributed by atoms with van der Waals surface area (Å²) in [5.74, 6) is -0.147. The fraction of sp³-hybridized carbons (Fsp3) is 0.217. The molecule has 0 aliphatic carbocycles. The van der Waals surface area contributed by atoms with Gasteiger partial charge in [0.1, 0.15) is 5.39 Å². The number of aryl methyl sites for hydroxylation is 3. The van der Waals surface area contributed by atoms with E-state index in [2.05, 4.69) is 15.4 Å². The van der Waals surface area contributed by atoms with E-state index in [4.69, 9.17) is 0 Å². The summed E-state index contributed by atoms with van der Waals surface area (Å²) in [5, 5.41) is 7.67. The van der Waals surface area contributed by atoms with Crippen LogP contribution in [0, 0.1) is 20.8 Å². The van der Waals surface area contributed by atoms with Crippen LogP contribution in [0.4, 0.5) is 5.69 Å². The molecule has 2 aromatic heterocycles. The van der Waals surface area contributed by atoms with Crippen molar-refractivity contribution in [2.45, 2.75) is 33.7 Å². The maximum atomic E-state index is 12.8. The Morgan fingerprint density at radius 3 is 2.60 bits per heavy atom. The van der Waals surface area contributed by atoms with E-state index in [0.717, 1.165) is 28.1 Å². The fourth-order valence-corrected chi connectivity index (χ4v) is 3.30. The second-order valence-corrected chi connectivity index (χ2v) is 7.42. The number of nitrogens with zero attached hydrogens (tertiary/aromatic N) is 4. The molecule has 0 saturated carbocycles. The zero-order valence-corrected chi connectivity index (χ0v) is 17.2. The van der Waals surface area contributed by atoms with Crippen LogP contribution in [-0.4, -0.2) is 25.2 Å². The topological polar surface area (TPSA) is 81.8 Å². The van der Waals surface area contributed by atoms with Gasteiger partial charge in [0, 0.05) is 18.7 Å². The van der Waals surface area contributed by atoms with E-state index >= 15 is 0 Å². The van der Waals surface area contributed by atoms with E-state index in [1.54, 1.807) is 4.68 Å². The SMILES string of the molecule is Cc1ccc(-n2ncc3c(=O)n(CCC(=O)Nc4cccc(C)c4C)cnc32)cc1. The molecule has 0 saturated heterocycles. The van der Waals surface area contributed by atoms with E-state index in [0.29, 0.717) is 11.0 Å². The van der Waals surface area contributed by atoms with Gasteiger partial charge in [0.05, 0.1) is 18.2 Å².